The lowest BCUT2D eigenvalue weighted by Gasteiger charge is -2.16. The third kappa shape index (κ3) is 2.35. The van der Waals surface area contributed by atoms with Gasteiger partial charge in [0.05, 0.1) is 0 Å². The summed E-state index contributed by atoms with van der Waals surface area (Å²) in [4.78, 5) is 0. The zero-order chi connectivity index (χ0) is 8.60. The fourth-order valence-corrected chi connectivity index (χ4v) is 3.14. The molecule has 2 aliphatic heterocycles. The molecule has 0 nitrogen and oxygen atoms in total. The maximum absolute atomic E-state index is 2.43. The van der Waals surface area contributed by atoms with Gasteiger partial charge in [-0.15, -0.1) is 0 Å². The first-order valence-corrected chi connectivity index (χ1v) is 7.00. The molecule has 12 heavy (non-hydrogen) atoms. The SMILES string of the molecule is CC(CCCC1CS1)C1(C)CS1. The predicted octanol–water partition coefficient (Wildman–Crippen LogP) is 3.41. The number of rotatable bonds is 5. The quantitative estimate of drug-likeness (QED) is 0.627. The van der Waals surface area contributed by atoms with Crippen molar-refractivity contribution < 1.29 is 0 Å². The van der Waals surface area contributed by atoms with Gasteiger partial charge in [0.2, 0.25) is 0 Å². The van der Waals surface area contributed by atoms with Crippen molar-refractivity contribution in [2.24, 2.45) is 5.92 Å². The maximum atomic E-state index is 2.43. The summed E-state index contributed by atoms with van der Waals surface area (Å²) in [7, 11) is 0. The Morgan fingerprint density at radius 3 is 2.75 bits per heavy atom. The lowest BCUT2D eigenvalue weighted by molar-refractivity contribution is 0.445. The summed E-state index contributed by atoms with van der Waals surface area (Å²) in [5, 5.41) is 1.05. The smallest absolute Gasteiger partial charge is 0.0248 e. The molecule has 3 atom stereocenters. The van der Waals surface area contributed by atoms with Crippen molar-refractivity contribution in [1.82, 2.24) is 0 Å². The summed E-state index contributed by atoms with van der Waals surface area (Å²) >= 11 is 4.29. The molecular weight excluding hydrogens is 184 g/mol. The van der Waals surface area contributed by atoms with Crippen molar-refractivity contribution in [3.8, 4) is 0 Å². The van der Waals surface area contributed by atoms with Crippen LogP contribution in [0.2, 0.25) is 0 Å². The minimum Gasteiger partial charge on any atom is -0.157 e. The second-order valence-electron chi connectivity index (χ2n) is 4.39. The van der Waals surface area contributed by atoms with Crippen molar-refractivity contribution in [3.63, 3.8) is 0 Å². The van der Waals surface area contributed by atoms with Gasteiger partial charge in [-0.1, -0.05) is 13.3 Å². The molecule has 0 N–H and O–H groups in total. The van der Waals surface area contributed by atoms with Gasteiger partial charge in [-0.3, -0.25) is 0 Å². The Labute approximate surface area is 84.3 Å². The first-order chi connectivity index (χ1) is 5.71. The molecule has 2 saturated heterocycles. The van der Waals surface area contributed by atoms with Crippen LogP contribution in [0.3, 0.4) is 0 Å². The predicted molar refractivity (Wildman–Crippen MR) is 60.1 cm³/mol. The number of hydrogen-bond acceptors (Lipinski definition) is 2. The molecular formula is C10H18S2. The summed E-state index contributed by atoms with van der Waals surface area (Å²) in [6, 6.07) is 0. The molecule has 2 heteroatoms. The topological polar surface area (TPSA) is 0 Å². The fourth-order valence-electron chi connectivity index (χ4n) is 1.59. The minimum absolute atomic E-state index is 0.677. The third-order valence-electron chi connectivity index (χ3n) is 3.21. The van der Waals surface area contributed by atoms with Crippen LogP contribution in [-0.4, -0.2) is 21.5 Å². The molecule has 2 aliphatic rings. The van der Waals surface area contributed by atoms with Gasteiger partial charge >= 0.3 is 0 Å². The van der Waals surface area contributed by atoms with Crippen LogP contribution in [0.25, 0.3) is 0 Å². The lowest BCUT2D eigenvalue weighted by atomic mass is 9.92. The van der Waals surface area contributed by atoms with Crippen LogP contribution in [0.1, 0.15) is 33.1 Å². The molecule has 70 valence electrons. The van der Waals surface area contributed by atoms with Crippen LogP contribution in [0.15, 0.2) is 0 Å². The van der Waals surface area contributed by atoms with Crippen LogP contribution >= 0.6 is 23.5 Å². The standard InChI is InChI=1S/C10H18S2/c1-8(10(2)7-12-10)4-3-5-9-6-11-9/h8-9H,3-7H2,1-2H3. The van der Waals surface area contributed by atoms with E-state index in [0.29, 0.717) is 4.75 Å². The molecule has 0 aliphatic carbocycles. The molecule has 0 spiro atoms. The third-order valence-corrected chi connectivity index (χ3v) is 5.85. The van der Waals surface area contributed by atoms with E-state index in [1.807, 2.05) is 0 Å². The van der Waals surface area contributed by atoms with E-state index in [-0.39, 0.29) is 0 Å². The van der Waals surface area contributed by atoms with Gasteiger partial charge in [0.25, 0.3) is 0 Å². The van der Waals surface area contributed by atoms with Crippen molar-refractivity contribution in [1.29, 1.82) is 0 Å². The molecule has 2 heterocycles. The first kappa shape index (κ1) is 9.26. The Bertz CT molecular complexity index is 159. The monoisotopic (exact) mass is 202 g/mol. The Kier molecular flexibility index (Phi) is 2.66. The van der Waals surface area contributed by atoms with Crippen molar-refractivity contribution in [2.75, 3.05) is 11.5 Å². The molecule has 2 fully saturated rings. The highest BCUT2D eigenvalue weighted by Crippen LogP contribution is 2.51. The van der Waals surface area contributed by atoms with Crippen LogP contribution in [0.5, 0.6) is 0 Å². The summed E-state index contributed by atoms with van der Waals surface area (Å²) < 4.78 is 0.677. The minimum atomic E-state index is 0.677. The van der Waals surface area contributed by atoms with E-state index in [0.717, 1.165) is 11.2 Å². The van der Waals surface area contributed by atoms with Crippen molar-refractivity contribution in [3.05, 3.63) is 0 Å². The second kappa shape index (κ2) is 3.45. The molecule has 0 aromatic heterocycles. The molecule has 0 amide bonds. The highest BCUT2D eigenvalue weighted by molar-refractivity contribution is 8.07. The number of hydrogen-bond donors (Lipinski definition) is 0. The van der Waals surface area contributed by atoms with Gasteiger partial charge in [0.15, 0.2) is 0 Å². The fraction of sp³-hybridized carbons (Fsp3) is 1.00. The normalized spacial score (nSPS) is 41.0. The van der Waals surface area contributed by atoms with Crippen LogP contribution in [0, 0.1) is 5.92 Å². The van der Waals surface area contributed by atoms with Crippen LogP contribution in [-0.2, 0) is 0 Å². The van der Waals surface area contributed by atoms with E-state index in [1.54, 1.807) is 0 Å². The Morgan fingerprint density at radius 1 is 1.58 bits per heavy atom. The van der Waals surface area contributed by atoms with E-state index in [9.17, 15) is 0 Å². The van der Waals surface area contributed by atoms with Crippen molar-refractivity contribution in [2.45, 2.75) is 43.1 Å². The highest BCUT2D eigenvalue weighted by atomic mass is 32.2. The van der Waals surface area contributed by atoms with Gasteiger partial charge < -0.3 is 0 Å². The largest absolute Gasteiger partial charge is 0.157 e. The molecule has 3 unspecified atom stereocenters. The van der Waals surface area contributed by atoms with E-state index < -0.39 is 0 Å². The highest BCUT2D eigenvalue weighted by Gasteiger charge is 2.43. The molecule has 0 bridgehead atoms. The molecule has 0 radical (unpaired) electrons. The maximum Gasteiger partial charge on any atom is 0.0248 e. The summed E-state index contributed by atoms with van der Waals surface area (Å²) in [5.41, 5.74) is 0. The van der Waals surface area contributed by atoms with Gasteiger partial charge in [0.1, 0.15) is 0 Å². The van der Waals surface area contributed by atoms with Gasteiger partial charge in [0, 0.05) is 21.5 Å². The zero-order valence-corrected chi connectivity index (χ0v) is 9.64. The Hall–Kier alpha value is 0.700. The summed E-state index contributed by atoms with van der Waals surface area (Å²) in [6.45, 7) is 4.86. The van der Waals surface area contributed by atoms with Crippen molar-refractivity contribution >= 4 is 23.5 Å². The van der Waals surface area contributed by atoms with Gasteiger partial charge in [-0.25, -0.2) is 0 Å². The first-order valence-electron chi connectivity index (χ1n) is 4.96. The Morgan fingerprint density at radius 2 is 2.25 bits per heavy atom. The van der Waals surface area contributed by atoms with Gasteiger partial charge in [-0.05, 0) is 25.7 Å². The van der Waals surface area contributed by atoms with E-state index >= 15 is 0 Å². The molecule has 0 saturated carbocycles. The van der Waals surface area contributed by atoms with E-state index in [1.165, 1.54) is 30.8 Å². The average Bonchev–Trinajstić information content (AvgIpc) is 2.86. The van der Waals surface area contributed by atoms with E-state index in [4.69, 9.17) is 0 Å². The zero-order valence-electron chi connectivity index (χ0n) is 8.01. The molecule has 2 rings (SSSR count). The average molecular weight is 202 g/mol. The van der Waals surface area contributed by atoms with Crippen LogP contribution in [0.4, 0.5) is 0 Å². The van der Waals surface area contributed by atoms with Gasteiger partial charge in [-0.2, -0.15) is 23.5 Å². The Balaban J connectivity index is 1.58. The second-order valence-corrected chi connectivity index (χ2v) is 7.23. The number of thioether (sulfide) groups is 2. The lowest BCUT2D eigenvalue weighted by Crippen LogP contribution is -2.15. The summed E-state index contributed by atoms with van der Waals surface area (Å²) in [5.74, 6) is 3.80. The van der Waals surface area contributed by atoms with E-state index in [2.05, 4.69) is 37.4 Å². The molecule has 0 aromatic rings. The van der Waals surface area contributed by atoms with Crippen LogP contribution < -0.4 is 0 Å². The summed E-state index contributed by atoms with van der Waals surface area (Å²) in [6.07, 6.45) is 4.41. The molecule has 0 aromatic carbocycles.